The quantitative estimate of drug-likeness (QED) is 0.794. The Morgan fingerprint density at radius 1 is 1.00 bits per heavy atom. The van der Waals surface area contributed by atoms with Crippen molar-refractivity contribution in [3.8, 4) is 11.5 Å². The average molecular weight is 311 g/mol. The van der Waals surface area contributed by atoms with Crippen molar-refractivity contribution >= 4 is 0 Å². The number of benzene rings is 2. The van der Waals surface area contributed by atoms with Gasteiger partial charge in [-0.05, 0) is 75.6 Å². The van der Waals surface area contributed by atoms with Crippen molar-refractivity contribution < 1.29 is 9.57 Å². The van der Waals surface area contributed by atoms with Crippen LogP contribution in [0.4, 0.5) is 0 Å². The summed E-state index contributed by atoms with van der Waals surface area (Å²) in [6, 6.07) is 12.8. The van der Waals surface area contributed by atoms with Crippen LogP contribution in [0, 0.1) is 13.8 Å². The maximum absolute atomic E-state index is 6.23. The molecule has 1 atom stereocenters. The van der Waals surface area contributed by atoms with E-state index >= 15 is 0 Å². The molecule has 3 heteroatoms. The standard InChI is InChI=1S/C20H25NO2/c1-13-11-17-18(12-14(13)2)23-21(20(3,4)5)19(17)15-7-9-16(22-6)10-8-15/h7-12,19H,1-6H3. The second-order valence-electron chi connectivity index (χ2n) is 7.24. The number of rotatable bonds is 2. The van der Waals surface area contributed by atoms with Crippen LogP contribution in [0.2, 0.25) is 0 Å². The Morgan fingerprint density at radius 3 is 2.17 bits per heavy atom. The number of hydrogen-bond donors (Lipinski definition) is 0. The molecule has 1 aliphatic heterocycles. The van der Waals surface area contributed by atoms with E-state index in [1.807, 2.05) is 12.1 Å². The molecule has 0 saturated carbocycles. The van der Waals surface area contributed by atoms with Crippen LogP contribution in [0.5, 0.6) is 11.5 Å². The van der Waals surface area contributed by atoms with Gasteiger partial charge in [0.1, 0.15) is 11.8 Å². The Hall–Kier alpha value is -2.00. The molecular weight excluding hydrogens is 286 g/mol. The maximum Gasteiger partial charge on any atom is 0.153 e. The summed E-state index contributed by atoms with van der Waals surface area (Å²) < 4.78 is 5.29. The monoisotopic (exact) mass is 311 g/mol. The lowest BCUT2D eigenvalue weighted by molar-refractivity contribution is -0.128. The van der Waals surface area contributed by atoms with Gasteiger partial charge in [-0.15, -0.1) is 5.06 Å². The summed E-state index contributed by atoms with van der Waals surface area (Å²) in [5.74, 6) is 1.83. The minimum absolute atomic E-state index is 0.0928. The third-order valence-electron chi connectivity index (χ3n) is 4.44. The molecule has 0 radical (unpaired) electrons. The summed E-state index contributed by atoms with van der Waals surface area (Å²) >= 11 is 0. The van der Waals surface area contributed by atoms with Crippen molar-refractivity contribution in [3.05, 3.63) is 58.7 Å². The van der Waals surface area contributed by atoms with E-state index < -0.39 is 0 Å². The molecule has 0 N–H and O–H groups in total. The van der Waals surface area contributed by atoms with E-state index in [1.54, 1.807) is 7.11 Å². The Bertz CT molecular complexity index is 714. The van der Waals surface area contributed by atoms with Gasteiger partial charge < -0.3 is 9.57 Å². The molecule has 0 aromatic heterocycles. The highest BCUT2D eigenvalue weighted by atomic mass is 16.7. The predicted octanol–water partition coefficient (Wildman–Crippen LogP) is 4.81. The van der Waals surface area contributed by atoms with Gasteiger partial charge in [-0.25, -0.2) is 0 Å². The van der Waals surface area contributed by atoms with Gasteiger partial charge in [0.2, 0.25) is 0 Å². The van der Waals surface area contributed by atoms with Gasteiger partial charge in [-0.1, -0.05) is 12.1 Å². The molecule has 3 rings (SSSR count). The Morgan fingerprint density at radius 2 is 1.61 bits per heavy atom. The van der Waals surface area contributed by atoms with Crippen LogP contribution in [0.3, 0.4) is 0 Å². The zero-order valence-electron chi connectivity index (χ0n) is 14.8. The van der Waals surface area contributed by atoms with Crippen molar-refractivity contribution in [2.24, 2.45) is 0 Å². The van der Waals surface area contributed by atoms with Crippen LogP contribution in [-0.2, 0) is 0 Å². The van der Waals surface area contributed by atoms with E-state index in [4.69, 9.17) is 9.57 Å². The number of fused-ring (bicyclic) bond motifs is 1. The van der Waals surface area contributed by atoms with Crippen molar-refractivity contribution in [1.82, 2.24) is 5.06 Å². The number of methoxy groups -OCH3 is 1. The van der Waals surface area contributed by atoms with E-state index in [0.717, 1.165) is 11.5 Å². The van der Waals surface area contributed by atoms with Crippen LogP contribution in [0.25, 0.3) is 0 Å². The van der Waals surface area contributed by atoms with E-state index in [2.05, 4.69) is 63.9 Å². The third kappa shape index (κ3) is 2.81. The molecule has 0 spiro atoms. The minimum Gasteiger partial charge on any atom is -0.497 e. The first-order valence-corrected chi connectivity index (χ1v) is 8.03. The first-order chi connectivity index (χ1) is 10.8. The molecule has 23 heavy (non-hydrogen) atoms. The fraction of sp³-hybridized carbons (Fsp3) is 0.400. The molecule has 1 heterocycles. The van der Waals surface area contributed by atoms with Gasteiger partial charge in [0, 0.05) is 11.1 Å². The SMILES string of the molecule is COc1ccc(C2c3cc(C)c(C)cc3ON2C(C)(C)C)cc1. The van der Waals surface area contributed by atoms with Gasteiger partial charge in [-0.3, -0.25) is 0 Å². The predicted molar refractivity (Wildman–Crippen MR) is 93.0 cm³/mol. The fourth-order valence-corrected chi connectivity index (χ4v) is 3.02. The van der Waals surface area contributed by atoms with E-state index in [1.165, 1.54) is 22.3 Å². The summed E-state index contributed by atoms with van der Waals surface area (Å²) in [6.07, 6.45) is 0. The lowest BCUT2D eigenvalue weighted by Crippen LogP contribution is -2.43. The molecule has 0 fully saturated rings. The smallest absolute Gasteiger partial charge is 0.153 e. The van der Waals surface area contributed by atoms with Crippen LogP contribution < -0.4 is 9.57 Å². The number of ether oxygens (including phenoxy) is 1. The third-order valence-corrected chi connectivity index (χ3v) is 4.44. The summed E-state index contributed by atoms with van der Waals surface area (Å²) in [7, 11) is 1.69. The van der Waals surface area contributed by atoms with Gasteiger partial charge in [0.25, 0.3) is 0 Å². The normalized spacial score (nSPS) is 17.7. The summed E-state index contributed by atoms with van der Waals surface area (Å²) in [4.78, 5) is 6.23. The van der Waals surface area contributed by atoms with Crippen molar-refractivity contribution in [2.75, 3.05) is 7.11 Å². The highest BCUT2D eigenvalue weighted by molar-refractivity contribution is 5.49. The molecule has 2 aromatic rings. The molecule has 2 aromatic carbocycles. The maximum atomic E-state index is 6.23. The Balaban J connectivity index is 2.11. The van der Waals surface area contributed by atoms with E-state index in [9.17, 15) is 0 Å². The van der Waals surface area contributed by atoms with Gasteiger partial charge in [0.05, 0.1) is 7.11 Å². The Kier molecular flexibility index (Phi) is 3.85. The molecule has 0 bridgehead atoms. The number of nitrogens with zero attached hydrogens (tertiary/aromatic N) is 1. The first-order valence-electron chi connectivity index (χ1n) is 8.03. The summed E-state index contributed by atoms with van der Waals surface area (Å²) in [5.41, 5.74) is 4.89. The number of hydroxylamine groups is 2. The van der Waals surface area contributed by atoms with Crippen LogP contribution in [-0.4, -0.2) is 17.7 Å². The Labute approximate surface area is 138 Å². The van der Waals surface area contributed by atoms with Gasteiger partial charge in [0.15, 0.2) is 5.75 Å². The highest BCUT2D eigenvalue weighted by Crippen LogP contribution is 2.46. The molecule has 122 valence electrons. The van der Waals surface area contributed by atoms with Crippen molar-refractivity contribution in [2.45, 2.75) is 46.2 Å². The zero-order chi connectivity index (χ0) is 16.8. The fourth-order valence-electron chi connectivity index (χ4n) is 3.02. The topological polar surface area (TPSA) is 21.7 Å². The number of hydrogen-bond acceptors (Lipinski definition) is 3. The van der Waals surface area contributed by atoms with Gasteiger partial charge in [-0.2, -0.15) is 0 Å². The van der Waals surface area contributed by atoms with Crippen molar-refractivity contribution in [3.63, 3.8) is 0 Å². The summed E-state index contributed by atoms with van der Waals surface area (Å²) in [6.45, 7) is 10.8. The highest BCUT2D eigenvalue weighted by Gasteiger charge is 2.40. The number of aryl methyl sites for hydroxylation is 2. The molecule has 0 aliphatic carbocycles. The first kappa shape index (κ1) is 15.9. The molecular formula is C20H25NO2. The van der Waals surface area contributed by atoms with Crippen LogP contribution in [0.15, 0.2) is 36.4 Å². The molecule has 0 saturated heterocycles. The molecule has 1 aliphatic rings. The zero-order valence-corrected chi connectivity index (χ0v) is 14.8. The van der Waals surface area contributed by atoms with E-state index in [0.29, 0.717) is 0 Å². The average Bonchev–Trinajstić information content (AvgIpc) is 2.86. The van der Waals surface area contributed by atoms with E-state index in [-0.39, 0.29) is 11.6 Å². The van der Waals surface area contributed by atoms with Gasteiger partial charge >= 0.3 is 0 Å². The minimum atomic E-state index is -0.106. The summed E-state index contributed by atoms with van der Waals surface area (Å²) in [5, 5.41) is 2.10. The van der Waals surface area contributed by atoms with Crippen LogP contribution in [0.1, 0.15) is 49.1 Å². The largest absolute Gasteiger partial charge is 0.497 e. The van der Waals surface area contributed by atoms with Crippen LogP contribution >= 0.6 is 0 Å². The van der Waals surface area contributed by atoms with Crippen molar-refractivity contribution in [1.29, 1.82) is 0 Å². The second-order valence-corrected chi connectivity index (χ2v) is 7.24. The lowest BCUT2D eigenvalue weighted by atomic mass is 9.93. The lowest BCUT2D eigenvalue weighted by Gasteiger charge is -2.34. The molecule has 3 nitrogen and oxygen atoms in total. The molecule has 0 amide bonds. The molecule has 1 unspecified atom stereocenters. The second kappa shape index (κ2) is 5.57.